The minimum absolute atomic E-state index is 0.0698. The van der Waals surface area contributed by atoms with E-state index in [4.69, 9.17) is 19.2 Å². The van der Waals surface area contributed by atoms with Gasteiger partial charge in [0.15, 0.2) is 5.82 Å². The van der Waals surface area contributed by atoms with Crippen molar-refractivity contribution in [1.82, 2.24) is 30.0 Å². The third kappa shape index (κ3) is 3.72. The quantitative estimate of drug-likeness (QED) is 0.409. The van der Waals surface area contributed by atoms with Crippen molar-refractivity contribution < 1.29 is 23.0 Å². The van der Waals surface area contributed by atoms with Crippen LogP contribution in [0, 0.1) is 5.82 Å². The molecule has 4 aliphatic rings. The highest BCUT2D eigenvalue weighted by molar-refractivity contribution is 6.00. The van der Waals surface area contributed by atoms with Crippen molar-refractivity contribution in [2.75, 3.05) is 51.0 Å². The normalized spacial score (nSPS) is 26.4. The van der Waals surface area contributed by atoms with E-state index in [1.165, 1.54) is 0 Å². The molecule has 4 aliphatic heterocycles. The van der Waals surface area contributed by atoms with Crippen molar-refractivity contribution in [3.63, 3.8) is 0 Å². The van der Waals surface area contributed by atoms with Crippen molar-refractivity contribution in [1.29, 1.82) is 0 Å². The molecule has 0 radical (unpaired) electrons. The molecule has 1 aromatic carbocycles. The molecule has 3 saturated heterocycles. The molecule has 1 N–H and O–H groups in total. The Labute approximate surface area is 228 Å². The minimum Gasteiger partial charge on any atom is -0.475 e. The third-order valence-electron chi connectivity index (χ3n) is 8.81. The molecular formula is C28H29F2N7O3. The average Bonchev–Trinajstić information content (AvgIpc) is 3.58. The maximum atomic E-state index is 16.5. The second-order valence-corrected chi connectivity index (χ2v) is 11.2. The highest BCUT2D eigenvalue weighted by atomic mass is 19.1. The van der Waals surface area contributed by atoms with E-state index >= 15 is 4.39 Å². The van der Waals surface area contributed by atoms with Gasteiger partial charge >= 0.3 is 6.01 Å². The summed E-state index contributed by atoms with van der Waals surface area (Å²) in [6, 6.07) is 5.45. The number of pyridine rings is 1. The van der Waals surface area contributed by atoms with Gasteiger partial charge in [0.05, 0.1) is 29.9 Å². The van der Waals surface area contributed by atoms with Crippen LogP contribution in [0.25, 0.3) is 33.1 Å². The van der Waals surface area contributed by atoms with Crippen LogP contribution in [0.5, 0.6) is 11.9 Å². The van der Waals surface area contributed by atoms with Crippen LogP contribution in [0.1, 0.15) is 25.7 Å². The highest BCUT2D eigenvalue weighted by Gasteiger charge is 2.49. The fourth-order valence-electron chi connectivity index (χ4n) is 6.90. The topological polar surface area (TPSA) is 102 Å². The van der Waals surface area contributed by atoms with Crippen LogP contribution in [0.2, 0.25) is 0 Å². The molecule has 3 atom stereocenters. The Morgan fingerprint density at radius 1 is 1.15 bits per heavy atom. The molecule has 0 amide bonds. The number of fused-ring (bicyclic) bond motifs is 4. The Hall–Kier alpha value is -3.64. The van der Waals surface area contributed by atoms with Gasteiger partial charge in [-0.2, -0.15) is 15.1 Å². The summed E-state index contributed by atoms with van der Waals surface area (Å²) in [5.41, 5.74) is 1.18. The van der Waals surface area contributed by atoms with E-state index in [0.717, 1.165) is 36.7 Å². The van der Waals surface area contributed by atoms with Gasteiger partial charge in [0.1, 0.15) is 41.8 Å². The molecule has 0 aliphatic carbocycles. The van der Waals surface area contributed by atoms with Crippen LogP contribution in [0.3, 0.4) is 0 Å². The van der Waals surface area contributed by atoms with Crippen molar-refractivity contribution in [3.05, 3.63) is 30.2 Å². The van der Waals surface area contributed by atoms with Crippen LogP contribution < -0.4 is 14.4 Å². The number of aromatic amines is 1. The number of nitrogens with zero attached hydrogens (tertiary/aromatic N) is 6. The summed E-state index contributed by atoms with van der Waals surface area (Å²) >= 11 is 0. The first-order valence-corrected chi connectivity index (χ1v) is 13.9. The van der Waals surface area contributed by atoms with E-state index in [0.29, 0.717) is 56.1 Å². The van der Waals surface area contributed by atoms with Gasteiger partial charge in [-0.1, -0.05) is 12.1 Å². The number of aromatic nitrogens is 5. The molecule has 7 heterocycles. The van der Waals surface area contributed by atoms with E-state index in [1.807, 2.05) is 12.1 Å². The van der Waals surface area contributed by atoms with Crippen LogP contribution in [0.15, 0.2) is 24.4 Å². The Kier molecular flexibility index (Phi) is 5.56. The summed E-state index contributed by atoms with van der Waals surface area (Å²) in [5.74, 6) is 0.218. The van der Waals surface area contributed by atoms with Crippen molar-refractivity contribution >= 4 is 27.6 Å². The van der Waals surface area contributed by atoms with Crippen LogP contribution in [-0.2, 0) is 4.74 Å². The Morgan fingerprint density at radius 3 is 3.05 bits per heavy atom. The van der Waals surface area contributed by atoms with Crippen molar-refractivity contribution in [2.45, 2.75) is 43.4 Å². The predicted octanol–water partition coefficient (Wildman–Crippen LogP) is 3.65. The number of nitrogens with one attached hydrogen (secondary N) is 1. The Balaban J connectivity index is 1.29. The van der Waals surface area contributed by atoms with Gasteiger partial charge in [-0.15, -0.1) is 0 Å². The van der Waals surface area contributed by atoms with Crippen molar-refractivity contribution in [3.8, 4) is 23.1 Å². The minimum atomic E-state index is -0.875. The SMILES string of the molecule is Fc1c(-c2cccc3[nH]ncc23)nc2c3c(nc(OC[C@@]45CCCN4C[C@H](F)C5)nc13)N1CCCOC[C@H]1CO2. The van der Waals surface area contributed by atoms with Gasteiger partial charge in [-0.25, -0.2) is 13.8 Å². The van der Waals surface area contributed by atoms with E-state index in [-0.39, 0.29) is 41.3 Å². The number of anilines is 1. The fourth-order valence-corrected chi connectivity index (χ4v) is 6.90. The number of H-pyrrole nitrogens is 1. The lowest BCUT2D eigenvalue weighted by Gasteiger charge is -2.31. The number of alkyl halides is 1. The van der Waals surface area contributed by atoms with E-state index in [2.05, 4.69) is 30.0 Å². The third-order valence-corrected chi connectivity index (χ3v) is 8.81. The molecular weight excluding hydrogens is 520 g/mol. The van der Waals surface area contributed by atoms with E-state index < -0.39 is 12.0 Å². The maximum Gasteiger partial charge on any atom is 0.319 e. The number of benzene rings is 1. The van der Waals surface area contributed by atoms with Crippen LogP contribution >= 0.6 is 0 Å². The molecule has 12 heteroatoms. The largest absolute Gasteiger partial charge is 0.475 e. The molecule has 4 aromatic rings. The average molecular weight is 550 g/mol. The zero-order valence-electron chi connectivity index (χ0n) is 21.9. The zero-order chi connectivity index (χ0) is 26.8. The molecule has 0 unspecified atom stereocenters. The van der Waals surface area contributed by atoms with Gasteiger partial charge in [0, 0.05) is 37.1 Å². The lowest BCUT2D eigenvalue weighted by molar-refractivity contribution is 0.107. The monoisotopic (exact) mass is 549 g/mol. The first kappa shape index (κ1) is 24.2. The number of halogens is 2. The zero-order valence-corrected chi connectivity index (χ0v) is 21.9. The van der Waals surface area contributed by atoms with E-state index in [1.54, 1.807) is 12.3 Å². The van der Waals surface area contributed by atoms with Gasteiger partial charge in [0.2, 0.25) is 5.88 Å². The maximum absolute atomic E-state index is 16.5. The molecule has 8 rings (SSSR count). The molecule has 0 spiro atoms. The highest BCUT2D eigenvalue weighted by Crippen LogP contribution is 2.43. The second-order valence-electron chi connectivity index (χ2n) is 11.2. The predicted molar refractivity (Wildman–Crippen MR) is 143 cm³/mol. The molecule has 3 aromatic heterocycles. The number of hydrogen-bond acceptors (Lipinski definition) is 9. The summed E-state index contributed by atoms with van der Waals surface area (Å²) in [6.45, 7) is 3.58. The number of rotatable bonds is 4. The molecule has 208 valence electrons. The van der Waals surface area contributed by atoms with Gasteiger partial charge in [-0.05, 0) is 31.9 Å². The smallest absolute Gasteiger partial charge is 0.319 e. The first-order chi connectivity index (χ1) is 19.6. The molecule has 40 heavy (non-hydrogen) atoms. The first-order valence-electron chi connectivity index (χ1n) is 13.9. The second kappa shape index (κ2) is 9.20. The van der Waals surface area contributed by atoms with Gasteiger partial charge in [-0.3, -0.25) is 10.00 Å². The molecule has 3 fully saturated rings. The van der Waals surface area contributed by atoms with Gasteiger partial charge < -0.3 is 19.1 Å². The molecule has 10 nitrogen and oxygen atoms in total. The van der Waals surface area contributed by atoms with Gasteiger partial charge in [0.25, 0.3) is 0 Å². The Morgan fingerprint density at radius 2 is 2.10 bits per heavy atom. The Bertz CT molecular complexity index is 1620. The summed E-state index contributed by atoms with van der Waals surface area (Å²) in [4.78, 5) is 18.4. The van der Waals surface area contributed by atoms with Crippen LogP contribution in [0.4, 0.5) is 14.6 Å². The molecule has 0 bridgehead atoms. The van der Waals surface area contributed by atoms with E-state index in [9.17, 15) is 4.39 Å². The van der Waals surface area contributed by atoms with Crippen molar-refractivity contribution in [2.24, 2.45) is 0 Å². The number of hydrogen-bond donors (Lipinski definition) is 1. The lowest BCUT2D eigenvalue weighted by Crippen LogP contribution is -2.43. The number of ether oxygens (including phenoxy) is 3. The summed E-state index contributed by atoms with van der Waals surface area (Å²) < 4.78 is 49.2. The lowest BCUT2D eigenvalue weighted by atomic mass is 9.95. The van der Waals surface area contributed by atoms with Crippen LogP contribution in [-0.4, -0.2) is 93.9 Å². The fraction of sp³-hybridized carbons (Fsp3) is 0.500. The molecule has 0 saturated carbocycles. The summed E-state index contributed by atoms with van der Waals surface area (Å²) in [6.07, 6.45) is 3.85. The summed E-state index contributed by atoms with van der Waals surface area (Å²) in [7, 11) is 0. The standard InChI is InChI=1S/C28H29F2N7O3/c29-16-10-28(6-2-7-36(28)12-16)15-40-27-33-24-21-25(34-27)37-8-3-9-38-13-17(37)14-39-26(21)32-23(22(24)30)18-4-1-5-20-19(18)11-31-35-20/h1,4-5,11,16-17H,2-3,6-10,12-15H2,(H,31,35)/t16-,17+,28+/m1/s1. The summed E-state index contributed by atoms with van der Waals surface area (Å²) in [5, 5.41) is 8.21.